The Kier molecular flexibility index (Phi) is 16.5. The van der Waals surface area contributed by atoms with Crippen molar-refractivity contribution in [3.8, 4) is 0 Å². The molecule has 180 valence electrons. The Morgan fingerprint density at radius 2 is 1.10 bits per heavy atom. The standard InChI is InChI=1S/C25H44O6/c1-4-5-6-7-8-9-10-11-12-13-14-15-16-17-18-19-22(28)25(31,23(29)20(2)26)24(30)21(3)27/h11-12,23-24,29-31H,4-10,13-19H2,1-3H3. The van der Waals surface area contributed by atoms with Gasteiger partial charge in [0.05, 0.1) is 0 Å². The number of unbranched alkanes of at least 4 members (excludes halogenated alkanes) is 11. The molecule has 2 unspecified atom stereocenters. The zero-order valence-corrected chi connectivity index (χ0v) is 19.8. The molecule has 0 rings (SSSR count). The second kappa shape index (κ2) is 17.2. The molecule has 6 heteroatoms. The molecule has 0 amide bonds. The highest BCUT2D eigenvalue weighted by molar-refractivity contribution is 6.00. The molecule has 3 N–H and O–H groups in total. The fraction of sp³-hybridized carbons (Fsp3) is 0.800. The second-order valence-electron chi connectivity index (χ2n) is 8.61. The minimum Gasteiger partial charge on any atom is -0.382 e. The molecule has 0 spiro atoms. The van der Waals surface area contributed by atoms with Gasteiger partial charge in [-0.1, -0.05) is 70.4 Å². The molecule has 0 aromatic carbocycles. The summed E-state index contributed by atoms with van der Waals surface area (Å²) < 4.78 is 0. The maximum atomic E-state index is 12.4. The Labute approximate surface area is 188 Å². The molecule has 0 aromatic heterocycles. The Morgan fingerprint density at radius 1 is 0.710 bits per heavy atom. The third-order valence-corrected chi connectivity index (χ3v) is 5.72. The van der Waals surface area contributed by atoms with Crippen LogP contribution in [0.5, 0.6) is 0 Å². The van der Waals surface area contributed by atoms with Crippen LogP contribution in [0.3, 0.4) is 0 Å². The molecule has 0 aliphatic carbocycles. The molecule has 0 fully saturated rings. The van der Waals surface area contributed by atoms with Gasteiger partial charge in [-0.15, -0.1) is 0 Å². The van der Waals surface area contributed by atoms with Gasteiger partial charge < -0.3 is 15.3 Å². The van der Waals surface area contributed by atoms with Crippen LogP contribution in [0.4, 0.5) is 0 Å². The van der Waals surface area contributed by atoms with Gasteiger partial charge in [-0.25, -0.2) is 0 Å². The lowest BCUT2D eigenvalue weighted by atomic mass is 9.80. The normalized spacial score (nSPS) is 15.5. The summed E-state index contributed by atoms with van der Waals surface area (Å²) in [7, 11) is 0. The fourth-order valence-electron chi connectivity index (χ4n) is 3.63. The monoisotopic (exact) mass is 440 g/mol. The van der Waals surface area contributed by atoms with Crippen molar-refractivity contribution in [1.82, 2.24) is 0 Å². The van der Waals surface area contributed by atoms with Crippen LogP contribution in [0.25, 0.3) is 0 Å². The molecule has 0 saturated heterocycles. The van der Waals surface area contributed by atoms with Crippen molar-refractivity contribution < 1.29 is 29.7 Å². The van der Waals surface area contributed by atoms with E-state index in [-0.39, 0.29) is 6.42 Å². The average molecular weight is 441 g/mol. The predicted molar refractivity (Wildman–Crippen MR) is 123 cm³/mol. The van der Waals surface area contributed by atoms with Crippen LogP contribution in [0.1, 0.15) is 111 Å². The fourth-order valence-corrected chi connectivity index (χ4v) is 3.63. The maximum Gasteiger partial charge on any atom is 0.188 e. The summed E-state index contributed by atoms with van der Waals surface area (Å²) in [6.07, 6.45) is 14.5. The largest absolute Gasteiger partial charge is 0.382 e. The first-order valence-corrected chi connectivity index (χ1v) is 12.0. The Balaban J connectivity index is 4.03. The van der Waals surface area contributed by atoms with Gasteiger partial charge in [0.25, 0.3) is 0 Å². The van der Waals surface area contributed by atoms with E-state index >= 15 is 0 Å². The van der Waals surface area contributed by atoms with Crippen LogP contribution in [0, 0.1) is 0 Å². The van der Waals surface area contributed by atoms with Gasteiger partial charge in [0.1, 0.15) is 0 Å². The topological polar surface area (TPSA) is 112 Å². The van der Waals surface area contributed by atoms with E-state index in [9.17, 15) is 29.7 Å². The van der Waals surface area contributed by atoms with E-state index in [4.69, 9.17) is 0 Å². The van der Waals surface area contributed by atoms with Gasteiger partial charge in [-0.05, 0) is 46.0 Å². The second-order valence-corrected chi connectivity index (χ2v) is 8.61. The number of aliphatic hydroxyl groups excluding tert-OH is 2. The number of aliphatic hydroxyl groups is 3. The summed E-state index contributed by atoms with van der Waals surface area (Å²) >= 11 is 0. The van der Waals surface area contributed by atoms with E-state index in [0.29, 0.717) is 6.42 Å². The van der Waals surface area contributed by atoms with Crippen molar-refractivity contribution in [2.75, 3.05) is 0 Å². The van der Waals surface area contributed by atoms with Gasteiger partial charge in [0.15, 0.2) is 35.2 Å². The van der Waals surface area contributed by atoms with Gasteiger partial charge in [-0.3, -0.25) is 14.4 Å². The molecular formula is C25H44O6. The van der Waals surface area contributed by atoms with Crippen molar-refractivity contribution in [2.24, 2.45) is 0 Å². The van der Waals surface area contributed by atoms with Gasteiger partial charge >= 0.3 is 0 Å². The van der Waals surface area contributed by atoms with E-state index in [0.717, 1.165) is 52.4 Å². The summed E-state index contributed by atoms with van der Waals surface area (Å²) in [4.78, 5) is 35.3. The average Bonchev–Trinajstić information content (AvgIpc) is 2.74. The Bertz CT molecular complexity index is 534. The number of allylic oxidation sites excluding steroid dienone is 2. The first-order chi connectivity index (χ1) is 14.7. The van der Waals surface area contributed by atoms with Crippen molar-refractivity contribution in [2.45, 2.75) is 128 Å². The van der Waals surface area contributed by atoms with E-state index in [2.05, 4.69) is 19.1 Å². The zero-order valence-electron chi connectivity index (χ0n) is 19.8. The number of carbonyl (C=O) groups is 3. The summed E-state index contributed by atoms with van der Waals surface area (Å²) in [6, 6.07) is 0. The minimum atomic E-state index is -2.78. The highest BCUT2D eigenvalue weighted by Crippen LogP contribution is 2.23. The molecule has 0 aromatic rings. The number of Topliss-reactive ketones (excluding diaryl/α,β-unsaturated/α-hetero) is 3. The SMILES string of the molecule is CCCCCCCCC=CCCCCCCCC(=O)C(O)(C(O)C(C)=O)C(O)C(C)=O. The molecule has 0 heterocycles. The predicted octanol–water partition coefficient (Wildman–Crippen LogP) is 4.22. The van der Waals surface area contributed by atoms with Crippen LogP contribution >= 0.6 is 0 Å². The Morgan fingerprint density at radius 3 is 1.52 bits per heavy atom. The quantitative estimate of drug-likeness (QED) is 0.193. The smallest absolute Gasteiger partial charge is 0.188 e. The third-order valence-electron chi connectivity index (χ3n) is 5.72. The van der Waals surface area contributed by atoms with E-state index in [1.807, 2.05) is 0 Å². The highest BCUT2D eigenvalue weighted by Gasteiger charge is 2.52. The number of hydrogen-bond acceptors (Lipinski definition) is 6. The molecule has 0 aliphatic heterocycles. The third kappa shape index (κ3) is 11.7. The van der Waals surface area contributed by atoms with Crippen molar-refractivity contribution in [3.63, 3.8) is 0 Å². The van der Waals surface area contributed by atoms with Crippen LogP contribution in [-0.2, 0) is 14.4 Å². The molecule has 0 radical (unpaired) electrons. The van der Waals surface area contributed by atoms with Crippen LogP contribution in [-0.4, -0.2) is 50.5 Å². The number of rotatable bonds is 20. The number of ketones is 3. The summed E-state index contributed by atoms with van der Waals surface area (Å²) in [6.45, 7) is 4.22. The van der Waals surface area contributed by atoms with Crippen LogP contribution < -0.4 is 0 Å². The van der Waals surface area contributed by atoms with Crippen LogP contribution in [0.2, 0.25) is 0 Å². The van der Waals surface area contributed by atoms with Crippen LogP contribution in [0.15, 0.2) is 12.2 Å². The lowest BCUT2D eigenvalue weighted by Gasteiger charge is -2.33. The van der Waals surface area contributed by atoms with Crippen molar-refractivity contribution in [3.05, 3.63) is 12.2 Å². The van der Waals surface area contributed by atoms with Gasteiger partial charge in [0.2, 0.25) is 0 Å². The molecule has 31 heavy (non-hydrogen) atoms. The minimum absolute atomic E-state index is 0.108. The summed E-state index contributed by atoms with van der Waals surface area (Å²) in [5.41, 5.74) is -2.78. The first kappa shape index (κ1) is 29.6. The zero-order chi connectivity index (χ0) is 23.7. The van der Waals surface area contributed by atoms with E-state index in [1.54, 1.807) is 0 Å². The Hall–Kier alpha value is -1.37. The lowest BCUT2D eigenvalue weighted by molar-refractivity contribution is -0.180. The van der Waals surface area contributed by atoms with Gasteiger partial charge in [-0.2, -0.15) is 0 Å². The lowest BCUT2D eigenvalue weighted by Crippen LogP contribution is -2.62. The summed E-state index contributed by atoms with van der Waals surface area (Å²) in [5.74, 6) is -2.63. The molecular weight excluding hydrogens is 396 g/mol. The molecule has 2 atom stereocenters. The number of hydrogen-bond donors (Lipinski definition) is 3. The van der Waals surface area contributed by atoms with Crippen molar-refractivity contribution >= 4 is 17.3 Å². The molecule has 0 saturated carbocycles. The highest BCUT2D eigenvalue weighted by atomic mass is 16.4. The number of carbonyl (C=O) groups excluding carboxylic acids is 3. The van der Waals surface area contributed by atoms with Crippen molar-refractivity contribution in [1.29, 1.82) is 0 Å². The first-order valence-electron chi connectivity index (χ1n) is 12.0. The molecule has 0 bridgehead atoms. The molecule has 0 aliphatic rings. The summed E-state index contributed by atoms with van der Waals surface area (Å²) in [5, 5.41) is 30.3. The van der Waals surface area contributed by atoms with E-state index < -0.39 is 35.2 Å². The molecule has 6 nitrogen and oxygen atoms in total. The van der Waals surface area contributed by atoms with Gasteiger partial charge in [0, 0.05) is 6.42 Å². The maximum absolute atomic E-state index is 12.4. The van der Waals surface area contributed by atoms with E-state index in [1.165, 1.54) is 38.5 Å².